The van der Waals surface area contributed by atoms with E-state index in [-0.39, 0.29) is 0 Å². The van der Waals surface area contributed by atoms with Crippen molar-refractivity contribution in [1.29, 1.82) is 0 Å². The van der Waals surface area contributed by atoms with Crippen LogP contribution in [0.2, 0.25) is 0 Å². The summed E-state index contributed by atoms with van der Waals surface area (Å²) in [5.74, 6) is 2.69. The molecule has 0 amide bonds. The van der Waals surface area contributed by atoms with Crippen molar-refractivity contribution in [3.05, 3.63) is 23.0 Å². The van der Waals surface area contributed by atoms with E-state index in [0.29, 0.717) is 37.9 Å². The molecular weight excluding hydrogens is 544 g/mol. The lowest BCUT2D eigenvalue weighted by Crippen LogP contribution is -2.32. The van der Waals surface area contributed by atoms with Crippen LogP contribution in [0.4, 0.5) is 0 Å². The lowest BCUT2D eigenvalue weighted by Gasteiger charge is -2.28. The molecule has 0 saturated heterocycles. The number of hydrogen-bond donors (Lipinski definition) is 0. The molecule has 43 heavy (non-hydrogen) atoms. The molecule has 0 N–H and O–H groups in total. The molecule has 0 aliphatic heterocycles. The van der Waals surface area contributed by atoms with Crippen molar-refractivity contribution in [3.8, 4) is 0 Å². The lowest BCUT2D eigenvalue weighted by molar-refractivity contribution is -0.226. The van der Waals surface area contributed by atoms with E-state index in [0.717, 1.165) is 50.0 Å². The highest BCUT2D eigenvalue weighted by atomic mass is 16.8. The Morgan fingerprint density at radius 2 is 0.698 bits per heavy atom. The van der Waals surface area contributed by atoms with Crippen LogP contribution in [0.25, 0.3) is 0 Å². The molecule has 2 atom stereocenters. The molecule has 0 heterocycles. The van der Waals surface area contributed by atoms with Crippen LogP contribution in [-0.4, -0.2) is 53.2 Å². The minimum Gasteiger partial charge on any atom is -0.495 e. The third-order valence-electron chi connectivity index (χ3n) is 7.40. The van der Waals surface area contributed by atoms with Crippen molar-refractivity contribution in [1.82, 2.24) is 0 Å². The Bertz CT molecular complexity index is 621. The Labute approximate surface area is 266 Å². The first kappa shape index (κ1) is 41.6. The standard InChI is InChI=1S/C36H70O7/c1-9-15-17-19-21-23-25-27-29-31(39-11-3)33(41-13-5)35(37-7)43-36(38-8)34(42-14-6)32(40-12-4)30-28-26-24-22-20-18-16-10-2/h35-36H,9-30H2,1-8H3. The molecule has 0 aromatic carbocycles. The fraction of sp³-hybridized carbons (Fsp3) is 0.889. The van der Waals surface area contributed by atoms with E-state index in [1.807, 2.05) is 27.7 Å². The van der Waals surface area contributed by atoms with E-state index in [1.165, 1.54) is 77.0 Å². The van der Waals surface area contributed by atoms with Crippen molar-refractivity contribution in [2.75, 3.05) is 40.6 Å². The van der Waals surface area contributed by atoms with E-state index < -0.39 is 12.6 Å². The highest BCUT2D eigenvalue weighted by molar-refractivity contribution is 5.09. The molecule has 0 aliphatic carbocycles. The maximum absolute atomic E-state index is 6.43. The zero-order chi connectivity index (χ0) is 32.0. The first-order chi connectivity index (χ1) is 21.1. The largest absolute Gasteiger partial charge is 0.495 e. The summed E-state index contributed by atoms with van der Waals surface area (Å²) in [5, 5.41) is 0. The summed E-state index contributed by atoms with van der Waals surface area (Å²) >= 11 is 0. The summed E-state index contributed by atoms with van der Waals surface area (Å²) < 4.78 is 42.5. The lowest BCUT2D eigenvalue weighted by atomic mass is 10.1. The average molecular weight is 615 g/mol. The van der Waals surface area contributed by atoms with Crippen LogP contribution in [-0.2, 0) is 33.2 Å². The summed E-state index contributed by atoms with van der Waals surface area (Å²) in [6, 6.07) is 0. The highest BCUT2D eigenvalue weighted by Gasteiger charge is 2.30. The fourth-order valence-electron chi connectivity index (χ4n) is 5.15. The minimum atomic E-state index is -0.818. The predicted octanol–water partition coefficient (Wildman–Crippen LogP) is 10.6. The molecule has 2 unspecified atom stereocenters. The maximum Gasteiger partial charge on any atom is 0.222 e. The SMILES string of the molecule is CCCCCCCCCCC(OCC)=C(OCC)C(OC)OC(OC)C(OCC)=C(CCCCCCCCCC)OCC. The molecule has 7 nitrogen and oxygen atoms in total. The monoisotopic (exact) mass is 615 g/mol. The Hall–Kier alpha value is -1.44. The van der Waals surface area contributed by atoms with Gasteiger partial charge in [-0.15, -0.1) is 0 Å². The number of unbranched alkanes of at least 4 members (excludes halogenated alkanes) is 14. The van der Waals surface area contributed by atoms with Gasteiger partial charge in [0.05, 0.1) is 26.4 Å². The molecular formula is C36H70O7. The van der Waals surface area contributed by atoms with Crippen LogP contribution in [0.1, 0.15) is 157 Å². The smallest absolute Gasteiger partial charge is 0.222 e. The normalized spacial score (nSPS) is 14.1. The quantitative estimate of drug-likeness (QED) is 0.0424. The third kappa shape index (κ3) is 20.3. The van der Waals surface area contributed by atoms with Crippen LogP contribution in [0, 0.1) is 0 Å². The highest BCUT2D eigenvalue weighted by Crippen LogP contribution is 2.27. The fourth-order valence-corrected chi connectivity index (χ4v) is 5.15. The van der Waals surface area contributed by atoms with Gasteiger partial charge >= 0.3 is 0 Å². The Morgan fingerprint density at radius 1 is 0.395 bits per heavy atom. The maximum atomic E-state index is 6.43. The van der Waals surface area contributed by atoms with Crippen molar-refractivity contribution >= 4 is 0 Å². The van der Waals surface area contributed by atoms with E-state index in [1.54, 1.807) is 14.2 Å². The third-order valence-corrected chi connectivity index (χ3v) is 7.40. The molecule has 0 aliphatic rings. The number of ether oxygens (including phenoxy) is 7. The van der Waals surface area contributed by atoms with Crippen molar-refractivity contribution in [2.45, 2.75) is 170 Å². The second kappa shape index (κ2) is 30.6. The van der Waals surface area contributed by atoms with Gasteiger partial charge in [-0.3, -0.25) is 0 Å². The van der Waals surface area contributed by atoms with Crippen LogP contribution >= 0.6 is 0 Å². The summed E-state index contributed by atoms with van der Waals surface area (Å²) in [6.07, 6.45) is 19.9. The van der Waals surface area contributed by atoms with Gasteiger partial charge in [-0.25, -0.2) is 0 Å². The molecule has 0 aromatic rings. The second-order valence-corrected chi connectivity index (χ2v) is 11.0. The second-order valence-electron chi connectivity index (χ2n) is 11.0. The van der Waals surface area contributed by atoms with Gasteiger partial charge in [0.15, 0.2) is 11.5 Å². The van der Waals surface area contributed by atoms with E-state index in [2.05, 4.69) is 13.8 Å². The van der Waals surface area contributed by atoms with Crippen LogP contribution in [0.5, 0.6) is 0 Å². The molecule has 0 fully saturated rings. The number of allylic oxidation sites excluding steroid dienone is 2. The molecule has 7 heteroatoms. The van der Waals surface area contributed by atoms with Gasteiger partial charge in [0.2, 0.25) is 12.6 Å². The molecule has 0 aromatic heterocycles. The number of rotatable bonds is 32. The van der Waals surface area contributed by atoms with Gasteiger partial charge in [0.25, 0.3) is 0 Å². The van der Waals surface area contributed by atoms with Crippen molar-refractivity contribution in [3.63, 3.8) is 0 Å². The van der Waals surface area contributed by atoms with Crippen LogP contribution in [0.3, 0.4) is 0 Å². The zero-order valence-corrected chi connectivity index (χ0v) is 29.6. The first-order valence-electron chi connectivity index (χ1n) is 17.8. The van der Waals surface area contributed by atoms with E-state index >= 15 is 0 Å². The van der Waals surface area contributed by atoms with Gasteiger partial charge in [-0.05, 0) is 40.5 Å². The molecule has 0 radical (unpaired) electrons. The van der Waals surface area contributed by atoms with Gasteiger partial charge in [-0.2, -0.15) is 0 Å². The molecule has 0 rings (SSSR count). The summed E-state index contributed by atoms with van der Waals surface area (Å²) in [7, 11) is 3.23. The Balaban J connectivity index is 5.66. The summed E-state index contributed by atoms with van der Waals surface area (Å²) in [5.41, 5.74) is 0. The number of methoxy groups -OCH3 is 2. The number of hydrogen-bond acceptors (Lipinski definition) is 7. The van der Waals surface area contributed by atoms with Crippen molar-refractivity contribution < 1.29 is 33.2 Å². The zero-order valence-electron chi connectivity index (χ0n) is 29.6. The van der Waals surface area contributed by atoms with Crippen molar-refractivity contribution in [2.24, 2.45) is 0 Å². The first-order valence-corrected chi connectivity index (χ1v) is 17.8. The van der Waals surface area contributed by atoms with Gasteiger partial charge in [0.1, 0.15) is 11.5 Å². The minimum absolute atomic E-state index is 0.473. The summed E-state index contributed by atoms with van der Waals surface area (Å²) in [4.78, 5) is 0. The van der Waals surface area contributed by atoms with Gasteiger partial charge < -0.3 is 33.2 Å². The molecule has 0 bridgehead atoms. The average Bonchev–Trinajstić information content (AvgIpc) is 3.01. The Morgan fingerprint density at radius 3 is 0.977 bits per heavy atom. The molecule has 256 valence electrons. The van der Waals surface area contributed by atoms with E-state index in [4.69, 9.17) is 33.2 Å². The van der Waals surface area contributed by atoms with Gasteiger partial charge in [-0.1, -0.05) is 104 Å². The summed E-state index contributed by atoms with van der Waals surface area (Å²) in [6.45, 7) is 14.5. The van der Waals surface area contributed by atoms with Gasteiger partial charge in [0, 0.05) is 27.1 Å². The van der Waals surface area contributed by atoms with E-state index in [9.17, 15) is 0 Å². The Kier molecular flexibility index (Phi) is 29.6. The topological polar surface area (TPSA) is 64.6 Å². The predicted molar refractivity (Wildman–Crippen MR) is 178 cm³/mol. The van der Waals surface area contributed by atoms with Crippen LogP contribution in [0.15, 0.2) is 23.0 Å². The van der Waals surface area contributed by atoms with Crippen LogP contribution < -0.4 is 0 Å². The molecule has 0 saturated carbocycles. The molecule has 0 spiro atoms.